The van der Waals surface area contributed by atoms with Crippen molar-refractivity contribution in [3.05, 3.63) is 92.7 Å². The number of rotatable bonds is 10. The number of nitrogens with one attached hydrogen (secondary N) is 1. The fourth-order valence-electron chi connectivity index (χ4n) is 4.26. The molecule has 0 bridgehead atoms. The van der Waals surface area contributed by atoms with Crippen LogP contribution in [0.5, 0.6) is 0 Å². The highest BCUT2D eigenvalue weighted by Crippen LogP contribution is 2.37. The summed E-state index contributed by atoms with van der Waals surface area (Å²) in [5, 5.41) is 37.0. The fourth-order valence-corrected chi connectivity index (χ4v) is 4.98. The SMILES string of the molecule is N#Cc1ccc(-n2ncc3c(NC(=O)c4ccc([N+](=O)[O-])s4)nc(-n4ccc(C(OCCCO)=C5CC5)c4)nc32)cc1. The summed E-state index contributed by atoms with van der Waals surface area (Å²) in [4.78, 5) is 33.2. The second kappa shape index (κ2) is 11.2. The monoisotopic (exact) mass is 582 g/mol. The molecule has 4 heterocycles. The number of hydrogen-bond acceptors (Lipinski definition) is 10. The molecule has 4 aromatic heterocycles. The van der Waals surface area contributed by atoms with Gasteiger partial charge >= 0.3 is 5.00 Å². The van der Waals surface area contributed by atoms with Crippen LogP contribution in [0.4, 0.5) is 10.8 Å². The van der Waals surface area contributed by atoms with E-state index in [2.05, 4.69) is 21.5 Å². The van der Waals surface area contributed by atoms with E-state index < -0.39 is 10.8 Å². The number of allylic oxidation sites excluding steroid dienone is 1. The lowest BCUT2D eigenvalue weighted by Gasteiger charge is -2.10. The number of carbonyl (C=O) groups excluding carboxylic acids is 1. The predicted molar refractivity (Wildman–Crippen MR) is 153 cm³/mol. The molecule has 210 valence electrons. The highest BCUT2D eigenvalue weighted by Gasteiger charge is 2.23. The third-order valence-electron chi connectivity index (χ3n) is 6.44. The molecule has 13 nitrogen and oxygen atoms in total. The Morgan fingerprint density at radius 3 is 2.69 bits per heavy atom. The van der Waals surface area contributed by atoms with Crippen molar-refractivity contribution in [2.24, 2.45) is 0 Å². The molecule has 0 unspecified atom stereocenters. The number of benzene rings is 1. The maximum absolute atomic E-state index is 13.1. The number of nitriles is 1. The molecule has 1 saturated carbocycles. The van der Waals surface area contributed by atoms with Crippen LogP contribution in [0, 0.1) is 21.4 Å². The predicted octanol–water partition coefficient (Wildman–Crippen LogP) is 4.60. The summed E-state index contributed by atoms with van der Waals surface area (Å²) in [7, 11) is 0. The second-order valence-corrected chi connectivity index (χ2v) is 10.4. The minimum absolute atomic E-state index is 0.0394. The van der Waals surface area contributed by atoms with Crippen LogP contribution in [0.25, 0.3) is 28.4 Å². The molecular weight excluding hydrogens is 560 g/mol. The molecule has 1 amide bonds. The Labute approximate surface area is 242 Å². The van der Waals surface area contributed by atoms with Crippen molar-refractivity contribution in [3.8, 4) is 17.7 Å². The number of aromatic nitrogens is 5. The highest BCUT2D eigenvalue weighted by atomic mass is 32.1. The van der Waals surface area contributed by atoms with Gasteiger partial charge in [0.15, 0.2) is 5.65 Å². The van der Waals surface area contributed by atoms with Crippen LogP contribution < -0.4 is 5.32 Å². The fraction of sp³-hybridized carbons (Fsp3) is 0.179. The van der Waals surface area contributed by atoms with Crippen molar-refractivity contribution < 1.29 is 19.6 Å². The standard InChI is InChI=1S/C28H22N8O5S/c29-14-17-2-6-20(7-3-17)35-26-21(15-30-35)25(31-27(38)22-8-9-23(42-22)36(39)40)32-28(33-26)34-11-10-19(16-34)24(18-4-5-18)41-13-1-12-37/h2-3,6-11,15-16,37H,1,4-5,12-13H2,(H,31,32,33,38). The number of anilines is 1. The molecule has 1 aromatic carbocycles. The largest absolute Gasteiger partial charge is 0.493 e. The summed E-state index contributed by atoms with van der Waals surface area (Å²) in [6.07, 6.45) is 7.55. The second-order valence-electron chi connectivity index (χ2n) is 9.34. The Hall–Kier alpha value is -5.39. The van der Waals surface area contributed by atoms with E-state index in [1.807, 2.05) is 12.3 Å². The van der Waals surface area contributed by atoms with Gasteiger partial charge in [0.1, 0.15) is 11.6 Å². The van der Waals surface area contributed by atoms with Crippen molar-refractivity contribution in [2.45, 2.75) is 19.3 Å². The van der Waals surface area contributed by atoms with Crippen LogP contribution in [0.2, 0.25) is 0 Å². The van der Waals surface area contributed by atoms with Gasteiger partial charge in [0.25, 0.3) is 5.91 Å². The van der Waals surface area contributed by atoms with Crippen molar-refractivity contribution in [3.63, 3.8) is 0 Å². The van der Waals surface area contributed by atoms with Crippen LogP contribution in [-0.2, 0) is 4.74 Å². The summed E-state index contributed by atoms with van der Waals surface area (Å²) in [5.74, 6) is 0.633. The Bertz CT molecular complexity index is 1890. The molecular formula is C28H22N8O5S. The number of aliphatic hydroxyl groups excluding tert-OH is 1. The summed E-state index contributed by atoms with van der Waals surface area (Å²) in [6, 6.07) is 13.4. The molecule has 0 saturated heterocycles. The van der Waals surface area contributed by atoms with E-state index >= 15 is 0 Å². The minimum Gasteiger partial charge on any atom is -0.493 e. The lowest BCUT2D eigenvalue weighted by molar-refractivity contribution is -0.380. The molecule has 0 spiro atoms. The molecule has 42 heavy (non-hydrogen) atoms. The van der Waals surface area contributed by atoms with Crippen LogP contribution >= 0.6 is 11.3 Å². The average molecular weight is 583 g/mol. The first-order valence-corrected chi connectivity index (χ1v) is 13.7. The molecule has 1 fully saturated rings. The number of aliphatic hydroxyl groups is 1. The first kappa shape index (κ1) is 26.8. The Balaban J connectivity index is 1.41. The summed E-state index contributed by atoms with van der Waals surface area (Å²) >= 11 is 0.761. The van der Waals surface area contributed by atoms with Gasteiger partial charge in [-0.3, -0.25) is 19.5 Å². The van der Waals surface area contributed by atoms with Crippen LogP contribution in [0.3, 0.4) is 0 Å². The topological polar surface area (TPSA) is 174 Å². The molecule has 0 aliphatic heterocycles. The van der Waals surface area contributed by atoms with E-state index in [9.17, 15) is 20.2 Å². The maximum Gasteiger partial charge on any atom is 0.324 e. The Morgan fingerprint density at radius 2 is 2.00 bits per heavy atom. The molecule has 0 radical (unpaired) electrons. The van der Waals surface area contributed by atoms with Crippen LogP contribution in [-0.4, -0.2) is 53.5 Å². The van der Waals surface area contributed by atoms with Gasteiger partial charge in [0.05, 0.1) is 45.3 Å². The number of thiophene rings is 1. The lowest BCUT2D eigenvalue weighted by Crippen LogP contribution is -2.14. The number of nitro groups is 1. The molecule has 1 aliphatic rings. The first-order chi connectivity index (χ1) is 20.4. The van der Waals surface area contributed by atoms with Crippen molar-refractivity contribution in [1.82, 2.24) is 24.3 Å². The van der Waals surface area contributed by atoms with Crippen molar-refractivity contribution in [2.75, 3.05) is 18.5 Å². The van der Waals surface area contributed by atoms with E-state index in [-0.39, 0.29) is 28.3 Å². The van der Waals surface area contributed by atoms with Gasteiger partial charge in [-0.15, -0.1) is 0 Å². The van der Waals surface area contributed by atoms with Crippen LogP contribution in [0.15, 0.2) is 66.6 Å². The number of carbonyl (C=O) groups is 1. The summed E-state index contributed by atoms with van der Waals surface area (Å²) < 4.78 is 9.24. The van der Waals surface area contributed by atoms with E-state index in [1.54, 1.807) is 39.7 Å². The molecule has 0 atom stereocenters. The van der Waals surface area contributed by atoms with Crippen molar-refractivity contribution >= 4 is 44.9 Å². The lowest BCUT2D eigenvalue weighted by atomic mass is 10.2. The zero-order valence-electron chi connectivity index (χ0n) is 21.9. The van der Waals surface area contributed by atoms with Crippen LogP contribution in [0.1, 0.15) is 40.1 Å². The molecule has 14 heteroatoms. The van der Waals surface area contributed by atoms with Gasteiger partial charge < -0.3 is 15.2 Å². The third kappa shape index (κ3) is 5.33. The molecule has 2 N–H and O–H groups in total. The summed E-state index contributed by atoms with van der Waals surface area (Å²) in [5.41, 5.74) is 3.56. The Morgan fingerprint density at radius 1 is 1.19 bits per heavy atom. The normalized spacial score (nSPS) is 12.2. The van der Waals surface area contributed by atoms with Gasteiger partial charge in [-0.1, -0.05) is 11.3 Å². The minimum atomic E-state index is -0.559. The third-order valence-corrected chi connectivity index (χ3v) is 7.48. The number of nitrogens with zero attached hydrogens (tertiary/aromatic N) is 7. The number of amides is 1. The quantitative estimate of drug-likeness (QED) is 0.103. The van der Waals surface area contributed by atoms with E-state index in [1.165, 1.54) is 23.9 Å². The number of fused-ring (bicyclic) bond motifs is 1. The first-order valence-electron chi connectivity index (χ1n) is 12.9. The van der Waals surface area contributed by atoms with E-state index in [0.29, 0.717) is 35.3 Å². The zero-order chi connectivity index (χ0) is 29.2. The van der Waals surface area contributed by atoms with E-state index in [0.717, 1.165) is 35.5 Å². The Kier molecular flexibility index (Phi) is 7.17. The molecule has 5 aromatic rings. The smallest absolute Gasteiger partial charge is 0.324 e. The van der Waals surface area contributed by atoms with Crippen molar-refractivity contribution in [1.29, 1.82) is 5.26 Å². The van der Waals surface area contributed by atoms with Gasteiger partial charge in [0, 0.05) is 37.1 Å². The van der Waals surface area contributed by atoms with Gasteiger partial charge in [-0.2, -0.15) is 20.3 Å². The van der Waals surface area contributed by atoms with Gasteiger partial charge in [0.2, 0.25) is 5.95 Å². The maximum atomic E-state index is 13.1. The highest BCUT2D eigenvalue weighted by molar-refractivity contribution is 7.17. The number of hydrogen-bond donors (Lipinski definition) is 2. The van der Waals surface area contributed by atoms with Gasteiger partial charge in [-0.05, 0) is 54.8 Å². The summed E-state index contributed by atoms with van der Waals surface area (Å²) in [6.45, 7) is 0.432. The molecule has 6 rings (SSSR count). The zero-order valence-corrected chi connectivity index (χ0v) is 22.7. The van der Waals surface area contributed by atoms with E-state index in [4.69, 9.17) is 14.8 Å². The number of ether oxygens (including phenoxy) is 1. The average Bonchev–Trinajstić information content (AvgIpc) is 3.37. The molecule has 1 aliphatic carbocycles. The van der Waals surface area contributed by atoms with Gasteiger partial charge in [-0.25, -0.2) is 4.68 Å².